The highest BCUT2D eigenvalue weighted by atomic mass is 32.2. The van der Waals surface area contributed by atoms with Gasteiger partial charge in [-0.1, -0.05) is 18.7 Å². The Morgan fingerprint density at radius 2 is 2.27 bits per heavy atom. The minimum Gasteiger partial charge on any atom is -0.494 e. The van der Waals surface area contributed by atoms with E-state index >= 15 is 4.39 Å². The molecule has 0 bridgehead atoms. The lowest BCUT2D eigenvalue weighted by Crippen LogP contribution is -2.42. The number of carbonyl (C=O) groups is 1. The van der Waals surface area contributed by atoms with E-state index in [9.17, 15) is 4.79 Å². The van der Waals surface area contributed by atoms with Gasteiger partial charge in [-0.2, -0.15) is 0 Å². The number of allylic oxidation sites excluding steroid dienone is 8. The summed E-state index contributed by atoms with van der Waals surface area (Å²) < 4.78 is 21.9. The van der Waals surface area contributed by atoms with Crippen LogP contribution in [0.5, 0.6) is 0 Å². The third-order valence-corrected chi connectivity index (χ3v) is 6.71. The Hall–Kier alpha value is -1.75. The maximum atomic E-state index is 16.4. The van der Waals surface area contributed by atoms with Crippen molar-refractivity contribution in [2.75, 3.05) is 12.4 Å². The molecule has 2 aliphatic carbocycles. The number of dihydropyridines is 1. The van der Waals surface area contributed by atoms with Crippen LogP contribution in [0.3, 0.4) is 0 Å². The summed E-state index contributed by atoms with van der Waals surface area (Å²) in [5.41, 5.74) is 1.86. The van der Waals surface area contributed by atoms with Crippen LogP contribution in [0.15, 0.2) is 58.0 Å². The maximum Gasteiger partial charge on any atom is 0.161 e. The van der Waals surface area contributed by atoms with Crippen LogP contribution < -0.4 is 5.32 Å². The van der Waals surface area contributed by atoms with E-state index in [0.717, 1.165) is 46.9 Å². The molecular formula is C21H24FNO2S. The number of nitrogens with one attached hydrogen (secondary N) is 1. The molecule has 0 amide bonds. The molecule has 0 spiro atoms. The second kappa shape index (κ2) is 6.76. The van der Waals surface area contributed by atoms with Crippen molar-refractivity contribution in [1.29, 1.82) is 0 Å². The average Bonchev–Trinajstić information content (AvgIpc) is 3.08. The van der Waals surface area contributed by atoms with E-state index in [4.69, 9.17) is 4.74 Å². The van der Waals surface area contributed by atoms with E-state index in [1.165, 1.54) is 0 Å². The maximum absolute atomic E-state index is 16.4. The molecular weight excluding hydrogens is 349 g/mol. The summed E-state index contributed by atoms with van der Waals surface area (Å²) in [6.07, 6.45) is 8.52. The lowest BCUT2D eigenvalue weighted by atomic mass is 9.71. The monoisotopic (exact) mass is 373 g/mol. The number of ether oxygens (including phenoxy) is 1. The van der Waals surface area contributed by atoms with E-state index in [0.29, 0.717) is 24.4 Å². The van der Waals surface area contributed by atoms with Crippen molar-refractivity contribution in [3.05, 3.63) is 58.0 Å². The van der Waals surface area contributed by atoms with E-state index < -0.39 is 11.6 Å². The summed E-state index contributed by atoms with van der Waals surface area (Å²) >= 11 is 1.69. The highest BCUT2D eigenvalue weighted by Gasteiger charge is 2.50. The van der Waals surface area contributed by atoms with Crippen molar-refractivity contribution in [2.24, 2.45) is 5.92 Å². The number of thioether (sulfide) groups is 1. The highest BCUT2D eigenvalue weighted by Crippen LogP contribution is 2.53. The molecule has 138 valence electrons. The van der Waals surface area contributed by atoms with Gasteiger partial charge in [-0.25, -0.2) is 4.39 Å². The molecule has 1 N–H and O–H groups in total. The zero-order valence-electron chi connectivity index (χ0n) is 15.1. The molecule has 0 saturated heterocycles. The Kier molecular flexibility index (Phi) is 4.59. The molecule has 0 saturated carbocycles. The zero-order chi connectivity index (χ0) is 18.3. The minimum atomic E-state index is -1.63. The van der Waals surface area contributed by atoms with Crippen LogP contribution in [0.2, 0.25) is 0 Å². The van der Waals surface area contributed by atoms with Gasteiger partial charge in [-0.3, -0.25) is 4.79 Å². The number of rotatable bonds is 4. The van der Waals surface area contributed by atoms with E-state index in [2.05, 4.69) is 11.9 Å². The van der Waals surface area contributed by atoms with E-state index in [-0.39, 0.29) is 12.2 Å². The highest BCUT2D eigenvalue weighted by molar-refractivity contribution is 8.03. The first-order chi connectivity index (χ1) is 12.5. The molecule has 0 aromatic heterocycles. The van der Waals surface area contributed by atoms with Crippen LogP contribution in [0.25, 0.3) is 0 Å². The predicted molar refractivity (Wildman–Crippen MR) is 103 cm³/mol. The largest absolute Gasteiger partial charge is 0.494 e. The van der Waals surface area contributed by atoms with Gasteiger partial charge >= 0.3 is 0 Å². The minimum absolute atomic E-state index is 0.0907. The number of halogens is 1. The van der Waals surface area contributed by atoms with Gasteiger partial charge in [0, 0.05) is 40.5 Å². The van der Waals surface area contributed by atoms with Gasteiger partial charge in [0.25, 0.3) is 0 Å². The summed E-state index contributed by atoms with van der Waals surface area (Å²) in [6, 6.07) is 0. The SMILES string of the molecule is C=C(OCC)C1=CC=CC(F)(C2C3=C(CCS3)NC3=C2C(=O)CCC3)C1. The number of alkyl halides is 1. The van der Waals surface area contributed by atoms with Gasteiger partial charge in [0.2, 0.25) is 0 Å². The van der Waals surface area contributed by atoms with Crippen LogP contribution in [-0.2, 0) is 9.53 Å². The Labute approximate surface area is 158 Å². The van der Waals surface area contributed by atoms with Crippen molar-refractivity contribution in [3.8, 4) is 0 Å². The number of hydrogen-bond donors (Lipinski definition) is 1. The van der Waals surface area contributed by atoms with Crippen molar-refractivity contribution < 1.29 is 13.9 Å². The van der Waals surface area contributed by atoms with Gasteiger partial charge in [-0.15, -0.1) is 11.8 Å². The second-order valence-electron chi connectivity index (χ2n) is 7.18. The molecule has 0 aromatic carbocycles. The second-order valence-corrected chi connectivity index (χ2v) is 8.32. The van der Waals surface area contributed by atoms with Crippen molar-refractivity contribution in [2.45, 2.75) is 44.7 Å². The first-order valence-electron chi connectivity index (χ1n) is 9.32. The summed E-state index contributed by atoms with van der Waals surface area (Å²) in [6.45, 7) is 6.34. The molecule has 5 heteroatoms. The van der Waals surface area contributed by atoms with Crippen LogP contribution in [0, 0.1) is 5.92 Å². The third kappa shape index (κ3) is 2.86. The Morgan fingerprint density at radius 3 is 3.08 bits per heavy atom. The summed E-state index contributed by atoms with van der Waals surface area (Å²) in [4.78, 5) is 13.8. The van der Waals surface area contributed by atoms with Gasteiger partial charge in [0.05, 0.1) is 12.5 Å². The molecule has 0 aromatic rings. The topological polar surface area (TPSA) is 38.3 Å². The van der Waals surface area contributed by atoms with Crippen LogP contribution >= 0.6 is 11.8 Å². The third-order valence-electron chi connectivity index (χ3n) is 5.50. The van der Waals surface area contributed by atoms with E-state index in [1.54, 1.807) is 23.9 Å². The lowest BCUT2D eigenvalue weighted by molar-refractivity contribution is -0.117. The van der Waals surface area contributed by atoms with Crippen molar-refractivity contribution in [3.63, 3.8) is 0 Å². The number of Topliss-reactive ketones (excluding diaryl/α,β-unsaturated/α-hetero) is 1. The molecule has 3 nitrogen and oxygen atoms in total. The van der Waals surface area contributed by atoms with Crippen molar-refractivity contribution in [1.82, 2.24) is 5.32 Å². The molecule has 0 fully saturated rings. The molecule has 2 heterocycles. The first kappa shape index (κ1) is 17.7. The van der Waals surface area contributed by atoms with Crippen LogP contribution in [0.4, 0.5) is 4.39 Å². The van der Waals surface area contributed by atoms with Crippen LogP contribution in [0.1, 0.15) is 39.0 Å². The number of carbonyl (C=O) groups excluding carboxylic acids is 1. The molecule has 2 unspecified atom stereocenters. The fraction of sp³-hybridized carbons (Fsp3) is 0.476. The molecule has 26 heavy (non-hydrogen) atoms. The first-order valence-corrected chi connectivity index (χ1v) is 10.3. The van der Waals surface area contributed by atoms with E-state index in [1.807, 2.05) is 13.0 Å². The summed E-state index contributed by atoms with van der Waals surface area (Å²) in [5, 5.41) is 3.46. The number of hydrogen-bond acceptors (Lipinski definition) is 4. The predicted octanol–water partition coefficient (Wildman–Crippen LogP) is 4.71. The number of ketones is 1. The summed E-state index contributed by atoms with van der Waals surface area (Å²) in [5.74, 6) is 1.04. The Morgan fingerprint density at radius 1 is 1.42 bits per heavy atom. The van der Waals surface area contributed by atoms with Gasteiger partial charge in [0.15, 0.2) is 5.78 Å². The Balaban J connectivity index is 1.74. The Bertz CT molecular complexity index is 792. The van der Waals surface area contributed by atoms with Gasteiger partial charge in [-0.05, 0) is 37.8 Å². The molecule has 2 atom stereocenters. The van der Waals surface area contributed by atoms with Crippen molar-refractivity contribution >= 4 is 17.5 Å². The van der Waals surface area contributed by atoms with Crippen LogP contribution in [-0.4, -0.2) is 23.8 Å². The smallest absolute Gasteiger partial charge is 0.161 e. The quantitative estimate of drug-likeness (QED) is 0.725. The average molecular weight is 373 g/mol. The lowest BCUT2D eigenvalue weighted by Gasteiger charge is -2.41. The summed E-state index contributed by atoms with van der Waals surface area (Å²) in [7, 11) is 0. The molecule has 2 aliphatic heterocycles. The molecule has 4 rings (SSSR count). The van der Waals surface area contributed by atoms with Gasteiger partial charge in [0.1, 0.15) is 11.4 Å². The zero-order valence-corrected chi connectivity index (χ0v) is 15.9. The fourth-order valence-electron chi connectivity index (χ4n) is 4.35. The van der Waals surface area contributed by atoms with Gasteiger partial charge < -0.3 is 10.1 Å². The standard InChI is InChI=1S/C21H24FNO2S/c1-3-25-13(2)14-6-5-10-21(22,12-14)19-18-15(7-4-8-17(18)24)23-16-9-11-26-20(16)19/h5-6,10,19,23H,2-4,7-9,11-12H2,1H3. The fourth-order valence-corrected chi connectivity index (χ4v) is 5.68. The molecule has 4 aliphatic rings. The molecule has 0 radical (unpaired) electrons. The normalized spacial score (nSPS) is 30.6.